The Morgan fingerprint density at radius 1 is 1.19 bits per heavy atom. The van der Waals surface area contributed by atoms with Gasteiger partial charge in [-0.3, -0.25) is 10.1 Å². The van der Waals surface area contributed by atoms with Gasteiger partial charge in [0, 0.05) is 24.7 Å². The summed E-state index contributed by atoms with van der Waals surface area (Å²) in [6, 6.07) is 14.2. The molecule has 0 aliphatic rings. The van der Waals surface area contributed by atoms with Crippen molar-refractivity contribution in [1.82, 2.24) is 5.32 Å². The van der Waals surface area contributed by atoms with Crippen LogP contribution in [0.25, 0.3) is 0 Å². The van der Waals surface area contributed by atoms with Crippen molar-refractivity contribution in [1.29, 1.82) is 0 Å². The van der Waals surface area contributed by atoms with Crippen molar-refractivity contribution in [2.75, 3.05) is 6.54 Å². The molecule has 0 aliphatic carbocycles. The first-order valence-corrected chi connectivity index (χ1v) is 6.77. The Kier molecular flexibility index (Phi) is 5.00. The molecule has 1 unspecified atom stereocenters. The molecule has 1 atom stereocenters. The molecule has 0 heterocycles. The zero-order valence-electron chi connectivity index (χ0n) is 11.8. The van der Waals surface area contributed by atoms with Crippen LogP contribution >= 0.6 is 0 Å². The summed E-state index contributed by atoms with van der Waals surface area (Å²) in [7, 11) is 0. The maximum Gasteiger partial charge on any atom is 0.305 e. The van der Waals surface area contributed by atoms with E-state index >= 15 is 0 Å². The Morgan fingerprint density at radius 3 is 2.57 bits per heavy atom. The minimum Gasteiger partial charge on any atom is -0.312 e. The second kappa shape index (κ2) is 6.95. The van der Waals surface area contributed by atoms with Crippen molar-refractivity contribution in [3.05, 3.63) is 75.6 Å². The average Bonchev–Trinajstić information content (AvgIpc) is 2.49. The van der Waals surface area contributed by atoms with Crippen molar-refractivity contribution in [2.45, 2.75) is 19.4 Å². The first kappa shape index (κ1) is 15.1. The summed E-state index contributed by atoms with van der Waals surface area (Å²) in [6.45, 7) is 3.02. The summed E-state index contributed by atoms with van der Waals surface area (Å²) in [5.74, 6) is -0.477. The van der Waals surface area contributed by atoms with Crippen LogP contribution in [-0.4, -0.2) is 11.5 Å². The van der Waals surface area contributed by atoms with Crippen molar-refractivity contribution < 1.29 is 9.31 Å². The summed E-state index contributed by atoms with van der Waals surface area (Å²) in [4.78, 5) is 9.98. The van der Waals surface area contributed by atoms with E-state index in [9.17, 15) is 14.5 Å². The van der Waals surface area contributed by atoms with Gasteiger partial charge in [-0.2, -0.15) is 4.39 Å². The van der Waals surface area contributed by atoms with Crippen LogP contribution in [-0.2, 0) is 6.54 Å². The lowest BCUT2D eigenvalue weighted by Gasteiger charge is -2.13. The average molecular weight is 288 g/mol. The Balaban J connectivity index is 1.95. The molecule has 0 aliphatic heterocycles. The molecule has 2 aromatic carbocycles. The quantitative estimate of drug-likeness (QED) is 0.652. The third kappa shape index (κ3) is 3.86. The number of nitro groups is 1. The zero-order valence-corrected chi connectivity index (χ0v) is 11.8. The van der Waals surface area contributed by atoms with Gasteiger partial charge in [0.2, 0.25) is 5.82 Å². The summed E-state index contributed by atoms with van der Waals surface area (Å²) in [5, 5.41) is 13.8. The van der Waals surface area contributed by atoms with Crippen LogP contribution in [0.4, 0.5) is 10.1 Å². The van der Waals surface area contributed by atoms with Gasteiger partial charge in [-0.25, -0.2) is 0 Å². The van der Waals surface area contributed by atoms with Gasteiger partial charge in [0.15, 0.2) is 0 Å². The van der Waals surface area contributed by atoms with Crippen molar-refractivity contribution in [2.24, 2.45) is 0 Å². The first-order valence-electron chi connectivity index (χ1n) is 6.77. The van der Waals surface area contributed by atoms with E-state index in [2.05, 4.69) is 12.2 Å². The number of halogens is 1. The van der Waals surface area contributed by atoms with Gasteiger partial charge < -0.3 is 5.32 Å². The SMILES string of the molecule is CC(CNCc1cccc([N+](=O)[O-])c1F)c1ccccc1. The fourth-order valence-corrected chi connectivity index (χ4v) is 2.17. The molecule has 1 N–H and O–H groups in total. The Labute approximate surface area is 122 Å². The van der Waals surface area contributed by atoms with Gasteiger partial charge in [-0.1, -0.05) is 49.4 Å². The number of nitro benzene ring substituents is 1. The molecule has 0 spiro atoms. The van der Waals surface area contributed by atoms with Crippen LogP contribution in [0.1, 0.15) is 24.0 Å². The molecule has 0 saturated heterocycles. The molecule has 0 radical (unpaired) electrons. The van der Waals surface area contributed by atoms with E-state index in [-0.39, 0.29) is 12.5 Å². The smallest absolute Gasteiger partial charge is 0.305 e. The van der Waals surface area contributed by atoms with Crippen LogP contribution in [0.3, 0.4) is 0 Å². The largest absolute Gasteiger partial charge is 0.312 e. The van der Waals surface area contributed by atoms with Gasteiger partial charge in [-0.05, 0) is 11.5 Å². The molecule has 0 bridgehead atoms. The zero-order chi connectivity index (χ0) is 15.2. The van der Waals surface area contributed by atoms with Crippen molar-refractivity contribution in [3.8, 4) is 0 Å². The lowest BCUT2D eigenvalue weighted by atomic mass is 10.0. The molecule has 110 valence electrons. The summed E-state index contributed by atoms with van der Waals surface area (Å²) < 4.78 is 13.9. The van der Waals surface area contributed by atoms with Crippen LogP contribution in [0, 0.1) is 15.9 Å². The molecular formula is C16H17FN2O2. The Bertz CT molecular complexity index is 617. The molecule has 0 amide bonds. The highest BCUT2D eigenvalue weighted by Crippen LogP contribution is 2.20. The predicted octanol–water partition coefficient (Wildman–Crippen LogP) is 3.63. The summed E-state index contributed by atoms with van der Waals surface area (Å²) >= 11 is 0. The lowest BCUT2D eigenvalue weighted by Crippen LogP contribution is -2.20. The van der Waals surface area contributed by atoms with E-state index < -0.39 is 16.4 Å². The molecule has 21 heavy (non-hydrogen) atoms. The summed E-state index contributed by atoms with van der Waals surface area (Å²) in [6.07, 6.45) is 0. The molecule has 0 saturated carbocycles. The van der Waals surface area contributed by atoms with Crippen LogP contribution in [0.5, 0.6) is 0 Å². The minimum atomic E-state index is -0.762. The van der Waals surface area contributed by atoms with Crippen molar-refractivity contribution >= 4 is 5.69 Å². The maximum absolute atomic E-state index is 13.9. The summed E-state index contributed by atoms with van der Waals surface area (Å²) in [5.41, 5.74) is 1.03. The number of hydrogen-bond acceptors (Lipinski definition) is 3. The molecule has 0 aromatic heterocycles. The fourth-order valence-electron chi connectivity index (χ4n) is 2.17. The van der Waals surface area contributed by atoms with Crippen LogP contribution in [0.2, 0.25) is 0 Å². The monoisotopic (exact) mass is 288 g/mol. The Morgan fingerprint density at radius 2 is 1.90 bits per heavy atom. The highest BCUT2D eigenvalue weighted by Gasteiger charge is 2.16. The van der Waals surface area contributed by atoms with Gasteiger partial charge >= 0.3 is 5.69 Å². The van der Waals surface area contributed by atoms with E-state index in [0.717, 1.165) is 0 Å². The highest BCUT2D eigenvalue weighted by molar-refractivity contribution is 5.36. The topological polar surface area (TPSA) is 55.2 Å². The van der Waals surface area contributed by atoms with Gasteiger partial charge in [0.25, 0.3) is 0 Å². The second-order valence-corrected chi connectivity index (χ2v) is 4.95. The third-order valence-electron chi connectivity index (χ3n) is 3.39. The molecule has 0 fully saturated rings. The number of nitrogens with one attached hydrogen (secondary N) is 1. The predicted molar refractivity (Wildman–Crippen MR) is 79.6 cm³/mol. The molecular weight excluding hydrogens is 271 g/mol. The van der Waals surface area contributed by atoms with E-state index in [0.29, 0.717) is 12.1 Å². The maximum atomic E-state index is 13.9. The first-order chi connectivity index (χ1) is 10.1. The minimum absolute atomic E-state index is 0.269. The normalized spacial score (nSPS) is 12.1. The number of nitrogens with zero attached hydrogens (tertiary/aromatic N) is 1. The molecule has 2 rings (SSSR count). The van der Waals surface area contributed by atoms with Crippen molar-refractivity contribution in [3.63, 3.8) is 0 Å². The van der Waals surface area contributed by atoms with Gasteiger partial charge in [0.1, 0.15) is 0 Å². The lowest BCUT2D eigenvalue weighted by molar-refractivity contribution is -0.387. The number of rotatable bonds is 6. The van der Waals surface area contributed by atoms with E-state index in [4.69, 9.17) is 0 Å². The Hall–Kier alpha value is -2.27. The third-order valence-corrected chi connectivity index (χ3v) is 3.39. The fraction of sp³-hybridized carbons (Fsp3) is 0.250. The van der Waals surface area contributed by atoms with E-state index in [1.165, 1.54) is 17.7 Å². The number of hydrogen-bond donors (Lipinski definition) is 1. The van der Waals surface area contributed by atoms with E-state index in [1.807, 2.05) is 30.3 Å². The number of benzene rings is 2. The van der Waals surface area contributed by atoms with Gasteiger partial charge in [-0.15, -0.1) is 0 Å². The molecule has 2 aromatic rings. The molecule has 5 heteroatoms. The standard InChI is InChI=1S/C16H17FN2O2/c1-12(13-6-3-2-4-7-13)10-18-11-14-8-5-9-15(16(14)17)19(20)21/h2-9,12,18H,10-11H2,1H3. The highest BCUT2D eigenvalue weighted by atomic mass is 19.1. The van der Waals surface area contributed by atoms with Crippen LogP contribution < -0.4 is 5.32 Å². The molecule has 4 nitrogen and oxygen atoms in total. The van der Waals surface area contributed by atoms with Crippen LogP contribution in [0.15, 0.2) is 48.5 Å². The van der Waals surface area contributed by atoms with Gasteiger partial charge in [0.05, 0.1) is 4.92 Å². The second-order valence-electron chi connectivity index (χ2n) is 4.95. The van der Waals surface area contributed by atoms with E-state index in [1.54, 1.807) is 6.07 Å².